The second kappa shape index (κ2) is 9.02. The van der Waals surface area contributed by atoms with Crippen molar-refractivity contribution in [2.24, 2.45) is 5.92 Å². The Morgan fingerprint density at radius 3 is 2.57 bits per heavy atom. The van der Waals surface area contributed by atoms with Crippen LogP contribution in [0.2, 0.25) is 5.02 Å². The van der Waals surface area contributed by atoms with E-state index >= 15 is 0 Å². The molecule has 2 aromatic carbocycles. The number of benzene rings is 2. The zero-order valence-corrected chi connectivity index (χ0v) is 16.7. The van der Waals surface area contributed by atoms with E-state index in [1.807, 2.05) is 35.0 Å². The number of nitrogens with zero attached hydrogens (tertiary/aromatic N) is 3. The fourth-order valence-corrected chi connectivity index (χ4v) is 3.25. The minimum Gasteiger partial charge on any atom is -0.331 e. The van der Waals surface area contributed by atoms with E-state index in [-0.39, 0.29) is 17.6 Å². The highest BCUT2D eigenvalue weighted by Crippen LogP contribution is 2.18. The van der Waals surface area contributed by atoms with Crippen LogP contribution in [0.1, 0.15) is 35.6 Å². The third kappa shape index (κ3) is 4.98. The molecule has 6 heteroatoms. The van der Waals surface area contributed by atoms with E-state index in [2.05, 4.69) is 18.8 Å². The maximum Gasteiger partial charge on any atom is 0.254 e. The van der Waals surface area contributed by atoms with E-state index in [1.165, 1.54) is 24.3 Å². The van der Waals surface area contributed by atoms with Gasteiger partial charge in [0, 0.05) is 29.5 Å². The Bertz CT molecular complexity index is 937. The summed E-state index contributed by atoms with van der Waals surface area (Å²) in [7, 11) is 0. The Kier molecular flexibility index (Phi) is 6.47. The molecule has 28 heavy (non-hydrogen) atoms. The summed E-state index contributed by atoms with van der Waals surface area (Å²) in [6.07, 6.45) is 3.61. The minimum absolute atomic E-state index is 0.138. The van der Waals surface area contributed by atoms with Crippen molar-refractivity contribution in [3.05, 3.63) is 88.7 Å². The summed E-state index contributed by atoms with van der Waals surface area (Å²) in [5.41, 5.74) is 1.45. The Balaban J connectivity index is 1.82. The molecule has 0 N–H and O–H groups in total. The van der Waals surface area contributed by atoms with Gasteiger partial charge in [0.25, 0.3) is 5.91 Å². The minimum atomic E-state index is -0.359. The first-order valence-electron chi connectivity index (χ1n) is 9.22. The van der Waals surface area contributed by atoms with E-state index in [0.29, 0.717) is 30.2 Å². The Labute approximate surface area is 169 Å². The van der Waals surface area contributed by atoms with E-state index in [1.54, 1.807) is 11.1 Å². The molecule has 0 aliphatic rings. The van der Waals surface area contributed by atoms with Gasteiger partial charge in [0.2, 0.25) is 0 Å². The predicted octanol–water partition coefficient (Wildman–Crippen LogP) is 5.02. The molecule has 1 heterocycles. The Morgan fingerprint density at radius 2 is 1.89 bits per heavy atom. The highest BCUT2D eigenvalue weighted by Gasteiger charge is 2.19. The first-order chi connectivity index (χ1) is 13.4. The highest BCUT2D eigenvalue weighted by molar-refractivity contribution is 6.31. The van der Waals surface area contributed by atoms with Crippen molar-refractivity contribution in [2.75, 3.05) is 6.54 Å². The molecule has 0 spiro atoms. The standard InChI is InChI=1S/C22H23ClFN3O/c1-16(2)13-27(22(28)17-7-9-19(24)10-8-17)15-21-25-11-12-26(21)14-18-5-3-4-6-20(18)23/h3-12,16H,13-15H2,1-2H3. The molecule has 4 nitrogen and oxygen atoms in total. The van der Waals surface area contributed by atoms with Crippen molar-refractivity contribution in [3.8, 4) is 0 Å². The summed E-state index contributed by atoms with van der Waals surface area (Å²) in [6, 6.07) is 13.3. The van der Waals surface area contributed by atoms with Crippen molar-refractivity contribution in [3.63, 3.8) is 0 Å². The lowest BCUT2D eigenvalue weighted by molar-refractivity contribution is 0.0716. The summed E-state index contributed by atoms with van der Waals surface area (Å²) in [6.45, 7) is 5.64. The molecule has 0 aliphatic carbocycles. The molecule has 0 saturated carbocycles. The monoisotopic (exact) mass is 399 g/mol. The van der Waals surface area contributed by atoms with Gasteiger partial charge < -0.3 is 9.47 Å². The van der Waals surface area contributed by atoms with Crippen molar-refractivity contribution in [1.29, 1.82) is 0 Å². The van der Waals surface area contributed by atoms with Crippen molar-refractivity contribution in [1.82, 2.24) is 14.5 Å². The number of hydrogen-bond acceptors (Lipinski definition) is 2. The van der Waals surface area contributed by atoms with E-state index < -0.39 is 0 Å². The van der Waals surface area contributed by atoms with Crippen LogP contribution in [0.5, 0.6) is 0 Å². The van der Waals surface area contributed by atoms with Crippen LogP contribution in [0.15, 0.2) is 60.9 Å². The maximum absolute atomic E-state index is 13.2. The Morgan fingerprint density at radius 1 is 1.18 bits per heavy atom. The second-order valence-corrected chi connectivity index (χ2v) is 7.56. The summed E-state index contributed by atoms with van der Waals surface area (Å²) < 4.78 is 15.2. The quantitative estimate of drug-likeness (QED) is 0.559. The third-order valence-electron chi connectivity index (χ3n) is 4.40. The maximum atomic E-state index is 13.2. The van der Waals surface area contributed by atoms with E-state index in [0.717, 1.165) is 11.4 Å². The van der Waals surface area contributed by atoms with Gasteiger partial charge in [-0.05, 0) is 41.8 Å². The van der Waals surface area contributed by atoms with E-state index in [9.17, 15) is 9.18 Å². The SMILES string of the molecule is CC(C)CN(Cc1nccn1Cc1ccccc1Cl)C(=O)c1ccc(F)cc1. The number of carbonyl (C=O) groups excluding carboxylic acids is 1. The molecule has 0 aliphatic heterocycles. The van der Waals surface area contributed by atoms with Crippen molar-refractivity contribution < 1.29 is 9.18 Å². The summed E-state index contributed by atoms with van der Waals surface area (Å²) in [4.78, 5) is 19.2. The van der Waals surface area contributed by atoms with Gasteiger partial charge in [-0.3, -0.25) is 4.79 Å². The molecule has 0 fully saturated rings. The van der Waals surface area contributed by atoms with Crippen LogP contribution in [-0.4, -0.2) is 26.9 Å². The van der Waals surface area contributed by atoms with Gasteiger partial charge in [0.05, 0.1) is 13.1 Å². The zero-order valence-electron chi connectivity index (χ0n) is 16.0. The van der Waals surface area contributed by atoms with Crippen LogP contribution in [0, 0.1) is 11.7 Å². The second-order valence-electron chi connectivity index (χ2n) is 7.15. The third-order valence-corrected chi connectivity index (χ3v) is 4.77. The molecule has 1 aromatic heterocycles. The fraction of sp³-hybridized carbons (Fsp3) is 0.273. The fourth-order valence-electron chi connectivity index (χ4n) is 3.05. The van der Waals surface area contributed by atoms with Gasteiger partial charge in [0.1, 0.15) is 11.6 Å². The molecule has 0 saturated heterocycles. The van der Waals surface area contributed by atoms with Crippen molar-refractivity contribution >= 4 is 17.5 Å². The average molecular weight is 400 g/mol. The lowest BCUT2D eigenvalue weighted by Crippen LogP contribution is -2.34. The average Bonchev–Trinajstić information content (AvgIpc) is 3.09. The van der Waals surface area contributed by atoms with Gasteiger partial charge >= 0.3 is 0 Å². The van der Waals surface area contributed by atoms with Crippen LogP contribution in [0.25, 0.3) is 0 Å². The molecule has 0 bridgehead atoms. The molecule has 0 atom stereocenters. The van der Waals surface area contributed by atoms with Crippen molar-refractivity contribution in [2.45, 2.75) is 26.9 Å². The van der Waals surface area contributed by atoms with Crippen LogP contribution in [0.3, 0.4) is 0 Å². The molecule has 0 unspecified atom stereocenters. The van der Waals surface area contributed by atoms with Crippen LogP contribution in [-0.2, 0) is 13.1 Å². The molecule has 146 valence electrons. The predicted molar refractivity (Wildman–Crippen MR) is 109 cm³/mol. The molecular formula is C22H23ClFN3O. The van der Waals surface area contributed by atoms with Crippen LogP contribution in [0.4, 0.5) is 4.39 Å². The zero-order chi connectivity index (χ0) is 20.1. The van der Waals surface area contributed by atoms with Crippen LogP contribution < -0.4 is 0 Å². The molecule has 0 radical (unpaired) electrons. The lowest BCUT2D eigenvalue weighted by Gasteiger charge is -2.25. The Hall–Kier alpha value is -2.66. The summed E-state index contributed by atoms with van der Waals surface area (Å²) in [5, 5.41) is 0.698. The topological polar surface area (TPSA) is 38.1 Å². The molecule has 3 rings (SSSR count). The van der Waals surface area contributed by atoms with Gasteiger partial charge in [-0.15, -0.1) is 0 Å². The molecular weight excluding hydrogens is 377 g/mol. The smallest absolute Gasteiger partial charge is 0.254 e. The van der Waals surface area contributed by atoms with Gasteiger partial charge in [-0.25, -0.2) is 9.37 Å². The normalized spacial score (nSPS) is 11.0. The molecule has 1 amide bonds. The van der Waals surface area contributed by atoms with Gasteiger partial charge in [-0.1, -0.05) is 43.6 Å². The number of rotatable bonds is 7. The first kappa shape index (κ1) is 20.1. The lowest BCUT2D eigenvalue weighted by atomic mass is 10.1. The van der Waals surface area contributed by atoms with E-state index in [4.69, 9.17) is 11.6 Å². The van der Waals surface area contributed by atoms with Gasteiger partial charge in [-0.2, -0.15) is 0 Å². The summed E-state index contributed by atoms with van der Waals surface area (Å²) >= 11 is 6.28. The number of halogens is 2. The summed E-state index contributed by atoms with van der Waals surface area (Å²) in [5.74, 6) is 0.565. The highest BCUT2D eigenvalue weighted by atomic mass is 35.5. The molecule has 3 aromatic rings. The number of amides is 1. The number of imidazole rings is 1. The number of hydrogen-bond donors (Lipinski definition) is 0. The largest absolute Gasteiger partial charge is 0.331 e. The number of aromatic nitrogens is 2. The first-order valence-corrected chi connectivity index (χ1v) is 9.60. The van der Waals surface area contributed by atoms with Gasteiger partial charge in [0.15, 0.2) is 0 Å². The number of carbonyl (C=O) groups is 1. The van der Waals surface area contributed by atoms with Crippen LogP contribution >= 0.6 is 11.6 Å².